The molecule has 0 saturated heterocycles. The molecule has 0 bridgehead atoms. The summed E-state index contributed by atoms with van der Waals surface area (Å²) >= 11 is 0. The van der Waals surface area contributed by atoms with Crippen molar-refractivity contribution in [2.75, 3.05) is 19.8 Å². The Hall–Kier alpha value is -2.70. The predicted molar refractivity (Wildman–Crippen MR) is 74.4 cm³/mol. The summed E-state index contributed by atoms with van der Waals surface area (Å²) in [5.74, 6) is -2.44. The highest BCUT2D eigenvalue weighted by Gasteiger charge is 2.37. The molecule has 22 heavy (non-hydrogen) atoms. The van der Waals surface area contributed by atoms with Crippen LogP contribution < -0.4 is 0 Å². The van der Waals surface area contributed by atoms with Crippen LogP contribution in [0.25, 0.3) is 0 Å². The zero-order chi connectivity index (χ0) is 16.3. The largest absolute Gasteiger partial charge is 0.465 e. The first-order valence-electron chi connectivity index (χ1n) is 6.82. The second-order valence-electron chi connectivity index (χ2n) is 4.48. The molecule has 0 fully saturated rings. The van der Waals surface area contributed by atoms with Crippen molar-refractivity contribution < 1.29 is 28.7 Å². The van der Waals surface area contributed by atoms with Crippen molar-refractivity contribution in [3.8, 4) is 0 Å². The number of hydrogen-bond donors (Lipinski definition) is 0. The highest BCUT2D eigenvalue weighted by molar-refractivity contribution is 6.22. The highest BCUT2D eigenvalue weighted by atomic mass is 16.5. The van der Waals surface area contributed by atoms with Gasteiger partial charge in [-0.3, -0.25) is 19.3 Å². The van der Waals surface area contributed by atoms with Crippen molar-refractivity contribution in [2.24, 2.45) is 0 Å². The van der Waals surface area contributed by atoms with Gasteiger partial charge < -0.3 is 9.47 Å². The van der Waals surface area contributed by atoms with Crippen molar-refractivity contribution in [1.82, 2.24) is 4.90 Å². The number of amides is 2. The first kappa shape index (κ1) is 15.7. The monoisotopic (exact) mass is 305 g/mol. The maximum atomic E-state index is 12.2. The summed E-state index contributed by atoms with van der Waals surface area (Å²) in [6, 6.07) is 4.10. The van der Waals surface area contributed by atoms with E-state index in [-0.39, 0.29) is 29.9 Å². The second kappa shape index (κ2) is 6.38. The Morgan fingerprint density at radius 1 is 1.00 bits per heavy atom. The number of nitrogens with zero attached hydrogens (tertiary/aromatic N) is 1. The molecule has 0 unspecified atom stereocenters. The van der Waals surface area contributed by atoms with Crippen LogP contribution in [0, 0.1) is 0 Å². The average molecular weight is 305 g/mol. The number of hydrogen-bond acceptors (Lipinski definition) is 6. The van der Waals surface area contributed by atoms with E-state index in [9.17, 15) is 19.2 Å². The highest BCUT2D eigenvalue weighted by Crippen LogP contribution is 2.24. The first-order chi connectivity index (χ1) is 10.5. The SMILES string of the molecule is CCOC(=O)CN1C(=O)c2ccc(C(=O)OCC)cc2C1=O. The normalized spacial score (nSPS) is 13.1. The maximum Gasteiger partial charge on any atom is 0.338 e. The van der Waals surface area contributed by atoms with Crippen molar-refractivity contribution >= 4 is 23.8 Å². The van der Waals surface area contributed by atoms with Gasteiger partial charge in [0.15, 0.2) is 0 Å². The molecule has 1 aliphatic heterocycles. The van der Waals surface area contributed by atoms with Crippen LogP contribution in [0.5, 0.6) is 0 Å². The molecule has 2 amide bonds. The minimum absolute atomic E-state index is 0.0832. The van der Waals surface area contributed by atoms with Crippen LogP contribution in [0.3, 0.4) is 0 Å². The minimum Gasteiger partial charge on any atom is -0.465 e. The van der Waals surface area contributed by atoms with E-state index in [1.807, 2.05) is 0 Å². The summed E-state index contributed by atoms with van der Waals surface area (Å²) in [6.07, 6.45) is 0. The Kier molecular flexibility index (Phi) is 4.55. The second-order valence-corrected chi connectivity index (χ2v) is 4.48. The van der Waals surface area contributed by atoms with Gasteiger partial charge in [-0.1, -0.05) is 0 Å². The van der Waals surface area contributed by atoms with Gasteiger partial charge in [-0.2, -0.15) is 0 Å². The summed E-state index contributed by atoms with van der Waals surface area (Å²) in [5.41, 5.74) is 0.418. The van der Waals surface area contributed by atoms with E-state index < -0.39 is 30.3 Å². The number of carbonyl (C=O) groups is 4. The van der Waals surface area contributed by atoms with Gasteiger partial charge in [-0.05, 0) is 32.0 Å². The molecule has 0 radical (unpaired) electrons. The van der Waals surface area contributed by atoms with Crippen LogP contribution in [-0.2, 0) is 14.3 Å². The Morgan fingerprint density at radius 3 is 2.27 bits per heavy atom. The van der Waals surface area contributed by atoms with Gasteiger partial charge in [0, 0.05) is 0 Å². The number of carbonyl (C=O) groups excluding carboxylic acids is 4. The van der Waals surface area contributed by atoms with Crippen molar-refractivity contribution in [2.45, 2.75) is 13.8 Å². The standard InChI is InChI=1S/C15H15NO6/c1-3-21-12(17)8-16-13(18)10-6-5-9(15(20)22-4-2)7-11(10)14(16)19/h5-7H,3-4,8H2,1-2H3. The molecule has 116 valence electrons. The van der Waals surface area contributed by atoms with E-state index in [1.165, 1.54) is 18.2 Å². The van der Waals surface area contributed by atoms with Crippen LogP contribution in [-0.4, -0.2) is 48.4 Å². The van der Waals surface area contributed by atoms with Gasteiger partial charge in [0.1, 0.15) is 6.54 Å². The van der Waals surface area contributed by atoms with Gasteiger partial charge in [-0.25, -0.2) is 4.79 Å². The quantitative estimate of drug-likeness (QED) is 0.596. The molecule has 1 heterocycles. The maximum absolute atomic E-state index is 12.2. The van der Waals surface area contributed by atoms with E-state index >= 15 is 0 Å². The van der Waals surface area contributed by atoms with Crippen LogP contribution in [0.4, 0.5) is 0 Å². The van der Waals surface area contributed by atoms with E-state index in [4.69, 9.17) is 9.47 Å². The van der Waals surface area contributed by atoms with E-state index in [0.717, 1.165) is 4.90 Å². The fourth-order valence-electron chi connectivity index (χ4n) is 2.11. The summed E-state index contributed by atoms with van der Waals surface area (Å²) in [4.78, 5) is 48.3. The van der Waals surface area contributed by atoms with Crippen LogP contribution in [0.2, 0.25) is 0 Å². The van der Waals surface area contributed by atoms with Gasteiger partial charge >= 0.3 is 11.9 Å². The summed E-state index contributed by atoms with van der Waals surface area (Å²) in [5, 5.41) is 0. The number of fused-ring (bicyclic) bond motifs is 1. The van der Waals surface area contributed by atoms with E-state index in [1.54, 1.807) is 13.8 Å². The van der Waals surface area contributed by atoms with Crippen molar-refractivity contribution in [1.29, 1.82) is 0 Å². The van der Waals surface area contributed by atoms with Crippen LogP contribution in [0.15, 0.2) is 18.2 Å². The molecule has 0 spiro atoms. The van der Waals surface area contributed by atoms with Crippen LogP contribution in [0.1, 0.15) is 44.9 Å². The Morgan fingerprint density at radius 2 is 1.64 bits per heavy atom. The van der Waals surface area contributed by atoms with E-state index in [0.29, 0.717) is 0 Å². The predicted octanol–water partition coefficient (Wildman–Crippen LogP) is 1.02. The molecule has 1 aliphatic rings. The van der Waals surface area contributed by atoms with Gasteiger partial charge in [0.2, 0.25) is 0 Å². The molecule has 0 N–H and O–H groups in total. The van der Waals surface area contributed by atoms with Gasteiger partial charge in [0.05, 0.1) is 29.9 Å². The Bertz CT molecular complexity index is 651. The minimum atomic E-state index is -0.664. The average Bonchev–Trinajstić information content (AvgIpc) is 2.72. The van der Waals surface area contributed by atoms with Gasteiger partial charge in [0.25, 0.3) is 11.8 Å². The molecule has 1 aromatic rings. The molecule has 0 aromatic heterocycles. The molecule has 7 heteroatoms. The molecule has 7 nitrogen and oxygen atoms in total. The van der Waals surface area contributed by atoms with Crippen LogP contribution >= 0.6 is 0 Å². The smallest absolute Gasteiger partial charge is 0.338 e. The molecule has 2 rings (SSSR count). The number of ether oxygens (including phenoxy) is 2. The number of esters is 2. The third-order valence-corrected chi connectivity index (χ3v) is 3.07. The summed E-state index contributed by atoms with van der Waals surface area (Å²) in [7, 11) is 0. The number of rotatable bonds is 5. The third-order valence-electron chi connectivity index (χ3n) is 3.07. The topological polar surface area (TPSA) is 90.0 Å². The summed E-state index contributed by atoms with van der Waals surface area (Å²) < 4.78 is 9.58. The zero-order valence-corrected chi connectivity index (χ0v) is 12.3. The lowest BCUT2D eigenvalue weighted by Gasteiger charge is -2.12. The zero-order valence-electron chi connectivity index (χ0n) is 12.3. The molecule has 0 atom stereocenters. The number of benzene rings is 1. The molecule has 0 saturated carbocycles. The van der Waals surface area contributed by atoms with E-state index in [2.05, 4.69) is 0 Å². The fourth-order valence-corrected chi connectivity index (χ4v) is 2.11. The molecular formula is C15H15NO6. The fraction of sp³-hybridized carbons (Fsp3) is 0.333. The lowest BCUT2D eigenvalue weighted by Crippen LogP contribution is -2.35. The lowest BCUT2D eigenvalue weighted by atomic mass is 10.1. The molecule has 0 aliphatic carbocycles. The lowest BCUT2D eigenvalue weighted by molar-refractivity contribution is -0.143. The molecular weight excluding hydrogens is 290 g/mol. The Labute approximate surface area is 126 Å². The number of imide groups is 1. The van der Waals surface area contributed by atoms with Crippen molar-refractivity contribution in [3.63, 3.8) is 0 Å². The third kappa shape index (κ3) is 2.83. The Balaban J connectivity index is 2.26. The first-order valence-corrected chi connectivity index (χ1v) is 6.82. The summed E-state index contributed by atoms with van der Waals surface area (Å²) in [6.45, 7) is 3.22. The molecule has 1 aromatic carbocycles. The van der Waals surface area contributed by atoms with Gasteiger partial charge in [-0.15, -0.1) is 0 Å². The van der Waals surface area contributed by atoms with Crippen molar-refractivity contribution in [3.05, 3.63) is 34.9 Å².